The van der Waals surface area contributed by atoms with Crippen molar-refractivity contribution >= 4 is 41.1 Å². The predicted molar refractivity (Wildman–Crippen MR) is 113 cm³/mol. The van der Waals surface area contributed by atoms with Gasteiger partial charge in [0.2, 0.25) is 5.91 Å². The van der Waals surface area contributed by atoms with Gasteiger partial charge in [0.25, 0.3) is 0 Å². The van der Waals surface area contributed by atoms with Gasteiger partial charge in [-0.15, -0.1) is 0 Å². The smallest absolute Gasteiger partial charge is 0.317 e. The molecule has 1 atom stereocenters. The van der Waals surface area contributed by atoms with Crippen LogP contribution in [0.15, 0.2) is 11.2 Å². The number of thioether (sulfide) groups is 1. The van der Waals surface area contributed by atoms with Gasteiger partial charge in [0.15, 0.2) is 5.16 Å². The number of piperazine rings is 1. The molecule has 2 N–H and O–H groups in total. The molecule has 0 aliphatic carbocycles. The van der Waals surface area contributed by atoms with Crippen LogP contribution in [0.4, 0.5) is 10.6 Å². The van der Waals surface area contributed by atoms with Gasteiger partial charge in [-0.05, 0) is 20.3 Å². The van der Waals surface area contributed by atoms with E-state index < -0.39 is 0 Å². The molecular formula is C18H29ClN6O2S. The van der Waals surface area contributed by atoms with Crippen molar-refractivity contribution in [3.05, 3.63) is 11.2 Å². The van der Waals surface area contributed by atoms with Crippen molar-refractivity contribution < 1.29 is 9.59 Å². The maximum Gasteiger partial charge on any atom is 0.317 e. The van der Waals surface area contributed by atoms with Crippen LogP contribution in [0.5, 0.6) is 0 Å². The van der Waals surface area contributed by atoms with Gasteiger partial charge in [0.1, 0.15) is 11.0 Å². The molecule has 1 aromatic heterocycles. The van der Waals surface area contributed by atoms with Gasteiger partial charge >= 0.3 is 6.03 Å². The highest BCUT2D eigenvalue weighted by molar-refractivity contribution is 7.99. The minimum atomic E-state index is -0.0410. The summed E-state index contributed by atoms with van der Waals surface area (Å²) in [4.78, 5) is 36.7. The minimum absolute atomic E-state index is 0.0345. The quantitative estimate of drug-likeness (QED) is 0.286. The van der Waals surface area contributed by atoms with E-state index in [4.69, 9.17) is 11.6 Å². The van der Waals surface area contributed by atoms with E-state index in [0.29, 0.717) is 43.0 Å². The Bertz CT molecular complexity index is 677. The van der Waals surface area contributed by atoms with Gasteiger partial charge < -0.3 is 20.4 Å². The number of urea groups is 1. The summed E-state index contributed by atoms with van der Waals surface area (Å²) in [5.41, 5.74) is 0. The van der Waals surface area contributed by atoms with Gasteiger partial charge in [0.05, 0.1) is 5.75 Å². The SMILES string of the molecule is CCCCNC(=O)CSc1nc(Cl)cc(N2CCN(C(=O)NCC)C(C)C2)n1. The topological polar surface area (TPSA) is 90.5 Å². The second-order valence-electron chi connectivity index (χ2n) is 6.65. The van der Waals surface area contributed by atoms with E-state index in [1.165, 1.54) is 11.8 Å². The molecule has 2 rings (SSSR count). The number of halogens is 1. The van der Waals surface area contributed by atoms with Crippen LogP contribution in [-0.4, -0.2) is 71.3 Å². The Hall–Kier alpha value is -1.74. The second-order valence-corrected chi connectivity index (χ2v) is 7.98. The maximum absolute atomic E-state index is 12.1. The number of unbranched alkanes of at least 4 members (excludes halogenated alkanes) is 1. The highest BCUT2D eigenvalue weighted by Crippen LogP contribution is 2.24. The molecule has 1 aliphatic rings. The van der Waals surface area contributed by atoms with Gasteiger partial charge in [0, 0.05) is 44.8 Å². The summed E-state index contributed by atoms with van der Waals surface area (Å²) in [7, 11) is 0. The second kappa shape index (κ2) is 11.3. The van der Waals surface area contributed by atoms with Crippen molar-refractivity contribution in [2.45, 2.75) is 44.8 Å². The molecule has 2 heterocycles. The lowest BCUT2D eigenvalue weighted by Crippen LogP contribution is -2.56. The number of amides is 3. The predicted octanol–water partition coefficient (Wildman–Crippen LogP) is 2.38. The average molecular weight is 429 g/mol. The first-order valence-corrected chi connectivity index (χ1v) is 11.0. The van der Waals surface area contributed by atoms with E-state index >= 15 is 0 Å². The fourth-order valence-corrected chi connectivity index (χ4v) is 3.83. The Morgan fingerprint density at radius 1 is 1.29 bits per heavy atom. The van der Waals surface area contributed by atoms with E-state index in [-0.39, 0.29) is 23.7 Å². The lowest BCUT2D eigenvalue weighted by Gasteiger charge is -2.40. The van der Waals surface area contributed by atoms with Crippen LogP contribution in [0, 0.1) is 0 Å². The highest BCUT2D eigenvalue weighted by atomic mass is 35.5. The lowest BCUT2D eigenvalue weighted by molar-refractivity contribution is -0.118. The van der Waals surface area contributed by atoms with Crippen LogP contribution in [0.25, 0.3) is 0 Å². The molecule has 156 valence electrons. The Labute approximate surface area is 175 Å². The van der Waals surface area contributed by atoms with Gasteiger partial charge in [-0.3, -0.25) is 4.79 Å². The largest absolute Gasteiger partial charge is 0.355 e. The Kier molecular flexibility index (Phi) is 9.11. The summed E-state index contributed by atoms with van der Waals surface area (Å²) in [5, 5.41) is 6.54. The van der Waals surface area contributed by atoms with Crippen molar-refractivity contribution in [2.24, 2.45) is 0 Å². The van der Waals surface area contributed by atoms with Crippen LogP contribution in [0.2, 0.25) is 5.15 Å². The summed E-state index contributed by atoms with van der Waals surface area (Å²) in [6.45, 7) is 9.23. The van der Waals surface area contributed by atoms with E-state index in [2.05, 4.69) is 32.4 Å². The van der Waals surface area contributed by atoms with Gasteiger partial charge in [-0.1, -0.05) is 36.7 Å². The van der Waals surface area contributed by atoms with Gasteiger partial charge in [-0.2, -0.15) is 0 Å². The van der Waals surface area contributed by atoms with Gasteiger partial charge in [-0.25, -0.2) is 14.8 Å². The molecule has 0 bridgehead atoms. The molecule has 8 nitrogen and oxygen atoms in total. The number of anilines is 1. The molecule has 1 unspecified atom stereocenters. The van der Waals surface area contributed by atoms with Crippen LogP contribution in [0.1, 0.15) is 33.6 Å². The summed E-state index contributed by atoms with van der Waals surface area (Å²) in [6.07, 6.45) is 2.01. The zero-order chi connectivity index (χ0) is 20.5. The van der Waals surface area contributed by atoms with E-state index in [9.17, 15) is 9.59 Å². The van der Waals surface area contributed by atoms with Crippen molar-refractivity contribution in [1.82, 2.24) is 25.5 Å². The summed E-state index contributed by atoms with van der Waals surface area (Å²) < 4.78 is 0. The number of carbonyl (C=O) groups is 2. The molecular weight excluding hydrogens is 400 g/mol. The monoisotopic (exact) mass is 428 g/mol. The first-order valence-electron chi connectivity index (χ1n) is 9.68. The molecule has 0 saturated carbocycles. The fourth-order valence-electron chi connectivity index (χ4n) is 2.92. The highest BCUT2D eigenvalue weighted by Gasteiger charge is 2.28. The normalized spacial score (nSPS) is 16.8. The summed E-state index contributed by atoms with van der Waals surface area (Å²) >= 11 is 7.45. The number of hydrogen-bond acceptors (Lipinski definition) is 6. The fraction of sp³-hybridized carbons (Fsp3) is 0.667. The van der Waals surface area contributed by atoms with E-state index in [0.717, 1.165) is 18.7 Å². The molecule has 1 aromatic rings. The number of hydrogen-bond donors (Lipinski definition) is 2. The van der Waals surface area contributed by atoms with Crippen molar-refractivity contribution in [3.8, 4) is 0 Å². The molecule has 1 saturated heterocycles. The molecule has 3 amide bonds. The molecule has 0 aromatic carbocycles. The first kappa shape index (κ1) is 22.5. The Balaban J connectivity index is 1.96. The number of aromatic nitrogens is 2. The molecule has 1 aliphatic heterocycles. The van der Waals surface area contributed by atoms with Crippen LogP contribution >= 0.6 is 23.4 Å². The lowest BCUT2D eigenvalue weighted by atomic mass is 10.2. The van der Waals surface area contributed by atoms with Crippen molar-refractivity contribution in [3.63, 3.8) is 0 Å². The molecule has 0 radical (unpaired) electrons. The van der Waals surface area contributed by atoms with Crippen LogP contribution < -0.4 is 15.5 Å². The van der Waals surface area contributed by atoms with Crippen LogP contribution in [-0.2, 0) is 4.79 Å². The maximum atomic E-state index is 12.1. The minimum Gasteiger partial charge on any atom is -0.355 e. The van der Waals surface area contributed by atoms with Crippen LogP contribution in [0.3, 0.4) is 0 Å². The number of rotatable bonds is 8. The Morgan fingerprint density at radius 2 is 2.07 bits per heavy atom. The summed E-state index contributed by atoms with van der Waals surface area (Å²) in [6, 6.07) is 1.73. The first-order chi connectivity index (χ1) is 13.4. The zero-order valence-electron chi connectivity index (χ0n) is 16.7. The zero-order valence-corrected chi connectivity index (χ0v) is 18.3. The van der Waals surface area contributed by atoms with Crippen molar-refractivity contribution in [1.29, 1.82) is 0 Å². The average Bonchev–Trinajstić information content (AvgIpc) is 2.66. The Morgan fingerprint density at radius 3 is 2.75 bits per heavy atom. The third-order valence-corrected chi connectivity index (χ3v) is 5.43. The third kappa shape index (κ3) is 6.70. The molecule has 0 spiro atoms. The number of nitrogens with one attached hydrogen (secondary N) is 2. The third-order valence-electron chi connectivity index (χ3n) is 4.39. The van der Waals surface area contributed by atoms with Crippen molar-refractivity contribution in [2.75, 3.05) is 43.4 Å². The number of nitrogens with zero attached hydrogens (tertiary/aromatic N) is 4. The van der Waals surface area contributed by atoms with E-state index in [1.54, 1.807) is 6.07 Å². The molecule has 1 fully saturated rings. The standard InChI is InChI=1S/C18H29ClN6O2S/c1-4-6-7-21-16(26)12-28-17-22-14(19)10-15(23-17)24-8-9-25(13(3)11-24)18(27)20-5-2/h10,13H,4-9,11-12H2,1-3H3,(H,20,27)(H,21,26). The summed E-state index contributed by atoms with van der Waals surface area (Å²) in [5.74, 6) is 0.939. The molecule has 28 heavy (non-hydrogen) atoms. The van der Waals surface area contributed by atoms with E-state index in [1.807, 2.05) is 18.7 Å². The number of carbonyl (C=O) groups excluding carboxylic acids is 2. The molecule has 10 heteroatoms.